The lowest BCUT2D eigenvalue weighted by atomic mass is 10.4. The van der Waals surface area contributed by atoms with Crippen LogP contribution in [0, 0.1) is 0 Å². The number of halogens is 2. The summed E-state index contributed by atoms with van der Waals surface area (Å²) in [5, 5.41) is 0. The molecular weight excluding hydrogens is 314 g/mol. The molecule has 0 N–H and O–H groups in total. The molecule has 0 bridgehead atoms. The molecule has 1 aliphatic rings. The number of hydrogen-bond donors (Lipinski definition) is 0. The maximum absolute atomic E-state index is 2.43. The van der Waals surface area contributed by atoms with Crippen LogP contribution in [0.15, 0.2) is 7.16 Å². The molecule has 0 aromatic carbocycles. The van der Waals surface area contributed by atoms with Gasteiger partial charge in [-0.2, -0.15) is 0 Å². The Balaban J connectivity index is 2.64. The van der Waals surface area contributed by atoms with E-state index in [-0.39, 0.29) is 0 Å². The van der Waals surface area contributed by atoms with Crippen LogP contribution < -0.4 is 0 Å². The van der Waals surface area contributed by atoms with Gasteiger partial charge in [0.15, 0.2) is 0 Å². The van der Waals surface area contributed by atoms with Gasteiger partial charge in [0.05, 0.1) is 0 Å². The van der Waals surface area contributed by atoms with Crippen molar-refractivity contribution < 1.29 is 0 Å². The van der Waals surface area contributed by atoms with E-state index in [4.69, 9.17) is 0 Å². The summed E-state index contributed by atoms with van der Waals surface area (Å²) in [7, 11) is 0. The van der Waals surface area contributed by atoms with E-state index in [1.165, 1.54) is 19.3 Å². The molecule has 1 aliphatic carbocycles. The van der Waals surface area contributed by atoms with Crippen LogP contribution in [-0.4, -0.2) is 0 Å². The van der Waals surface area contributed by atoms with Gasteiger partial charge in [-0.3, -0.25) is 0 Å². The number of allylic oxidation sites excluding steroid dienone is 2. The van der Waals surface area contributed by atoms with Crippen molar-refractivity contribution in [2.24, 2.45) is 0 Å². The number of hydrogen-bond acceptors (Lipinski definition) is 0. The van der Waals surface area contributed by atoms with Crippen molar-refractivity contribution in [1.82, 2.24) is 0 Å². The maximum atomic E-state index is 2.43. The maximum Gasteiger partial charge on any atom is -0.000130 e. The van der Waals surface area contributed by atoms with Crippen LogP contribution in [0.3, 0.4) is 0 Å². The van der Waals surface area contributed by atoms with Crippen molar-refractivity contribution in [1.29, 1.82) is 0 Å². The molecule has 0 saturated carbocycles. The van der Waals surface area contributed by atoms with Gasteiger partial charge >= 0.3 is 0 Å². The third kappa shape index (κ3) is 1.55. The molecule has 0 unspecified atom stereocenters. The highest BCUT2D eigenvalue weighted by molar-refractivity contribution is 14.1. The van der Waals surface area contributed by atoms with Gasteiger partial charge in [-0.05, 0) is 71.6 Å². The van der Waals surface area contributed by atoms with Gasteiger partial charge in [0, 0.05) is 0 Å². The molecule has 2 heteroatoms. The van der Waals surface area contributed by atoms with Gasteiger partial charge in [0.1, 0.15) is 0 Å². The fraction of sp³-hybridized carbons (Fsp3) is 0.600. The monoisotopic (exact) mass is 320 g/mol. The van der Waals surface area contributed by atoms with Crippen LogP contribution in [-0.2, 0) is 0 Å². The minimum Gasteiger partial charge on any atom is -0.0484 e. The Labute approximate surface area is 71.0 Å². The summed E-state index contributed by atoms with van der Waals surface area (Å²) >= 11 is 4.86. The number of rotatable bonds is 0. The summed E-state index contributed by atoms with van der Waals surface area (Å²) in [4.78, 5) is 0. The van der Waals surface area contributed by atoms with E-state index in [9.17, 15) is 0 Å². The summed E-state index contributed by atoms with van der Waals surface area (Å²) in [6.45, 7) is 0. The average molecular weight is 320 g/mol. The zero-order valence-electron chi connectivity index (χ0n) is 3.88. The first-order valence-electron chi connectivity index (χ1n) is 2.34. The first-order chi connectivity index (χ1) is 3.30. The Morgan fingerprint density at radius 2 is 1.43 bits per heavy atom. The lowest BCUT2D eigenvalue weighted by molar-refractivity contribution is 0.926. The van der Waals surface area contributed by atoms with Gasteiger partial charge < -0.3 is 0 Å². The van der Waals surface area contributed by atoms with Crippen molar-refractivity contribution in [2.45, 2.75) is 19.3 Å². The fourth-order valence-corrected chi connectivity index (χ4v) is 1.97. The minimum absolute atomic E-state index is 1.33. The second kappa shape index (κ2) is 2.66. The Morgan fingerprint density at radius 1 is 1.00 bits per heavy atom. The van der Waals surface area contributed by atoms with Crippen LogP contribution in [0.5, 0.6) is 0 Å². The molecule has 0 saturated heterocycles. The van der Waals surface area contributed by atoms with E-state index >= 15 is 0 Å². The molecule has 0 heterocycles. The van der Waals surface area contributed by atoms with Crippen LogP contribution in [0.1, 0.15) is 19.3 Å². The Kier molecular flexibility index (Phi) is 2.40. The highest BCUT2D eigenvalue weighted by atomic mass is 127. The SMILES string of the molecule is IC1=C(I)CCC1. The van der Waals surface area contributed by atoms with Crippen molar-refractivity contribution in [3.05, 3.63) is 7.16 Å². The molecule has 0 aliphatic heterocycles. The van der Waals surface area contributed by atoms with E-state index in [2.05, 4.69) is 45.2 Å². The summed E-state index contributed by atoms with van der Waals surface area (Å²) < 4.78 is 3.16. The lowest BCUT2D eigenvalue weighted by Gasteiger charge is -1.82. The summed E-state index contributed by atoms with van der Waals surface area (Å²) in [6.07, 6.45) is 4.05. The van der Waals surface area contributed by atoms with Crippen LogP contribution in [0.4, 0.5) is 0 Å². The lowest BCUT2D eigenvalue weighted by Crippen LogP contribution is -1.55. The zero-order chi connectivity index (χ0) is 5.28. The third-order valence-corrected chi connectivity index (χ3v) is 4.50. The van der Waals surface area contributed by atoms with Crippen molar-refractivity contribution in [3.8, 4) is 0 Å². The molecule has 0 radical (unpaired) electrons. The standard InChI is InChI=1S/C5H6I2/c6-4-2-1-3-5(4)7/h1-3H2. The normalized spacial score (nSPS) is 21.4. The molecule has 0 fully saturated rings. The van der Waals surface area contributed by atoms with Gasteiger partial charge in [0.2, 0.25) is 0 Å². The second-order valence-corrected chi connectivity index (χ2v) is 4.27. The predicted octanol–water partition coefficient (Wildman–Crippen LogP) is 3.25. The molecule has 0 aromatic heterocycles. The van der Waals surface area contributed by atoms with Gasteiger partial charge in [-0.1, -0.05) is 0 Å². The van der Waals surface area contributed by atoms with E-state index in [1.54, 1.807) is 7.16 Å². The van der Waals surface area contributed by atoms with Gasteiger partial charge in [-0.25, -0.2) is 0 Å². The summed E-state index contributed by atoms with van der Waals surface area (Å²) in [5.74, 6) is 0. The van der Waals surface area contributed by atoms with E-state index in [1.807, 2.05) is 0 Å². The molecule has 0 atom stereocenters. The zero-order valence-corrected chi connectivity index (χ0v) is 8.19. The molecule has 1 rings (SSSR count). The van der Waals surface area contributed by atoms with Crippen LogP contribution in [0.2, 0.25) is 0 Å². The summed E-state index contributed by atoms with van der Waals surface area (Å²) in [6, 6.07) is 0. The Hall–Kier alpha value is 1.20. The van der Waals surface area contributed by atoms with Crippen molar-refractivity contribution in [3.63, 3.8) is 0 Å². The van der Waals surface area contributed by atoms with Crippen molar-refractivity contribution in [2.75, 3.05) is 0 Å². The van der Waals surface area contributed by atoms with Crippen molar-refractivity contribution >= 4 is 45.2 Å². The Bertz CT molecular complexity index is 92.6. The largest absolute Gasteiger partial charge is 0.0484 e. The fourth-order valence-electron chi connectivity index (χ4n) is 0.670. The first-order valence-corrected chi connectivity index (χ1v) is 4.49. The topological polar surface area (TPSA) is 0 Å². The molecule has 7 heavy (non-hydrogen) atoms. The Morgan fingerprint density at radius 3 is 1.57 bits per heavy atom. The average Bonchev–Trinajstić information content (AvgIpc) is 1.91. The minimum atomic E-state index is 1.33. The van der Waals surface area contributed by atoms with Gasteiger partial charge in [0.25, 0.3) is 0 Å². The molecule has 40 valence electrons. The molecule has 0 spiro atoms. The molecule has 0 amide bonds. The first kappa shape index (κ1) is 6.32. The van der Waals surface area contributed by atoms with Crippen LogP contribution >= 0.6 is 45.2 Å². The van der Waals surface area contributed by atoms with E-state index < -0.39 is 0 Å². The highest BCUT2D eigenvalue weighted by Crippen LogP contribution is 2.34. The molecule has 0 aromatic rings. The van der Waals surface area contributed by atoms with Crippen LogP contribution in [0.25, 0.3) is 0 Å². The third-order valence-electron chi connectivity index (χ3n) is 1.09. The summed E-state index contributed by atoms with van der Waals surface area (Å²) in [5.41, 5.74) is 0. The van der Waals surface area contributed by atoms with E-state index in [0.29, 0.717) is 0 Å². The smallest absolute Gasteiger partial charge is 0.000130 e. The quantitative estimate of drug-likeness (QED) is 0.601. The predicted molar refractivity (Wildman–Crippen MR) is 48.9 cm³/mol. The second-order valence-electron chi connectivity index (χ2n) is 1.66. The molecule has 0 nitrogen and oxygen atoms in total. The van der Waals surface area contributed by atoms with Gasteiger partial charge in [-0.15, -0.1) is 0 Å². The molecular formula is C5H6I2. The van der Waals surface area contributed by atoms with E-state index in [0.717, 1.165) is 0 Å². The highest BCUT2D eigenvalue weighted by Gasteiger charge is 2.07.